The minimum Gasteiger partial charge on any atom is -0.320 e. The minimum absolute atomic E-state index is 0.000896. The van der Waals surface area contributed by atoms with E-state index in [9.17, 15) is 9.18 Å². The van der Waals surface area contributed by atoms with Crippen molar-refractivity contribution < 1.29 is 9.18 Å². The summed E-state index contributed by atoms with van der Waals surface area (Å²) in [5, 5.41) is 2.98. The Kier molecular flexibility index (Phi) is 4.04. The lowest BCUT2D eigenvalue weighted by atomic mass is 9.93. The van der Waals surface area contributed by atoms with Gasteiger partial charge >= 0.3 is 0 Å². The van der Waals surface area contributed by atoms with Crippen LogP contribution in [0.4, 0.5) is 10.2 Å². The molecule has 0 fully saturated rings. The van der Waals surface area contributed by atoms with Crippen LogP contribution in [0.2, 0.25) is 0 Å². The highest BCUT2D eigenvalue weighted by molar-refractivity contribution is 5.95. The number of carbonyl (C=O) groups excluding carboxylic acids is 1. The van der Waals surface area contributed by atoms with E-state index in [-0.39, 0.29) is 17.6 Å². The van der Waals surface area contributed by atoms with Gasteiger partial charge in [0.25, 0.3) is 0 Å². The molecule has 0 saturated heterocycles. The molecular weight excluding hydrogens is 281 g/mol. The van der Waals surface area contributed by atoms with Crippen molar-refractivity contribution in [2.24, 2.45) is 13.0 Å². The number of allylic oxidation sites excluding steroid dienone is 2. The largest absolute Gasteiger partial charge is 0.320 e. The molecule has 1 aromatic carbocycles. The van der Waals surface area contributed by atoms with Gasteiger partial charge in [0.1, 0.15) is 17.3 Å². The smallest absolute Gasteiger partial charge is 0.228 e. The summed E-state index contributed by atoms with van der Waals surface area (Å²) in [7, 11) is 1.83. The molecule has 1 heterocycles. The zero-order chi connectivity index (χ0) is 15.5. The molecule has 0 spiro atoms. The number of nitrogens with one attached hydrogen (secondary N) is 1. The van der Waals surface area contributed by atoms with Crippen LogP contribution in [0.1, 0.15) is 19.3 Å². The first-order chi connectivity index (χ1) is 10.6. The summed E-state index contributed by atoms with van der Waals surface area (Å²) in [6.45, 7) is 0. The van der Waals surface area contributed by atoms with Crippen molar-refractivity contribution in [3.8, 4) is 11.3 Å². The molecule has 1 unspecified atom stereocenters. The number of hydrogen-bond acceptors (Lipinski definition) is 2. The van der Waals surface area contributed by atoms with E-state index in [2.05, 4.69) is 22.5 Å². The monoisotopic (exact) mass is 299 g/mol. The number of halogens is 1. The topological polar surface area (TPSA) is 46.9 Å². The second-order valence-electron chi connectivity index (χ2n) is 5.53. The molecule has 2 aromatic rings. The van der Waals surface area contributed by atoms with E-state index in [1.54, 1.807) is 23.0 Å². The molecule has 1 N–H and O–H groups in total. The molecule has 1 aromatic heterocycles. The van der Waals surface area contributed by atoms with E-state index in [0.717, 1.165) is 24.8 Å². The number of rotatable bonds is 3. The quantitative estimate of drug-likeness (QED) is 0.881. The second-order valence-corrected chi connectivity index (χ2v) is 5.53. The number of aryl methyl sites for hydroxylation is 1. The molecule has 22 heavy (non-hydrogen) atoms. The summed E-state index contributed by atoms with van der Waals surface area (Å²) in [6.07, 6.45) is 8.39. The second kappa shape index (κ2) is 6.13. The highest BCUT2D eigenvalue weighted by atomic mass is 19.1. The third-order valence-corrected chi connectivity index (χ3v) is 3.94. The van der Waals surface area contributed by atoms with Crippen molar-refractivity contribution >= 4 is 11.7 Å². The van der Waals surface area contributed by atoms with Crippen molar-refractivity contribution in [2.45, 2.75) is 19.3 Å². The minimum atomic E-state index is -0.292. The SMILES string of the molecule is Cn1cnc(-c2ccc(F)cc2)c1NC(=O)C1CC=CCC1. The maximum atomic E-state index is 13.1. The van der Waals surface area contributed by atoms with E-state index in [1.807, 2.05) is 7.05 Å². The fraction of sp³-hybridized carbons (Fsp3) is 0.294. The summed E-state index contributed by atoms with van der Waals surface area (Å²) < 4.78 is 14.8. The van der Waals surface area contributed by atoms with Crippen LogP contribution >= 0.6 is 0 Å². The van der Waals surface area contributed by atoms with Crippen LogP contribution in [0.25, 0.3) is 11.3 Å². The van der Waals surface area contributed by atoms with Gasteiger partial charge in [-0.15, -0.1) is 0 Å². The Morgan fingerprint density at radius 3 is 2.77 bits per heavy atom. The summed E-state index contributed by atoms with van der Waals surface area (Å²) in [4.78, 5) is 16.7. The van der Waals surface area contributed by atoms with Crippen LogP contribution in [0, 0.1) is 11.7 Å². The van der Waals surface area contributed by atoms with E-state index < -0.39 is 0 Å². The molecule has 1 atom stereocenters. The number of benzene rings is 1. The number of amides is 1. The van der Waals surface area contributed by atoms with Crippen LogP contribution in [0.3, 0.4) is 0 Å². The van der Waals surface area contributed by atoms with E-state index >= 15 is 0 Å². The molecule has 0 saturated carbocycles. The molecule has 0 radical (unpaired) electrons. The zero-order valence-electron chi connectivity index (χ0n) is 12.4. The Bertz CT molecular complexity index is 703. The summed E-state index contributed by atoms with van der Waals surface area (Å²) in [6, 6.07) is 6.11. The highest BCUT2D eigenvalue weighted by Crippen LogP contribution is 2.28. The van der Waals surface area contributed by atoms with Crippen molar-refractivity contribution in [1.29, 1.82) is 0 Å². The third kappa shape index (κ3) is 2.93. The van der Waals surface area contributed by atoms with Crippen molar-refractivity contribution in [1.82, 2.24) is 9.55 Å². The Hall–Kier alpha value is -2.43. The molecule has 1 aliphatic rings. The number of nitrogens with zero attached hydrogens (tertiary/aromatic N) is 2. The van der Waals surface area contributed by atoms with Gasteiger partial charge in [-0.05, 0) is 43.5 Å². The van der Waals surface area contributed by atoms with Gasteiger partial charge in [-0.3, -0.25) is 4.79 Å². The van der Waals surface area contributed by atoms with Gasteiger partial charge in [-0.1, -0.05) is 12.2 Å². The molecular formula is C17H18FN3O. The number of anilines is 1. The molecule has 5 heteroatoms. The van der Waals surface area contributed by atoms with Gasteiger partial charge in [-0.25, -0.2) is 9.37 Å². The lowest BCUT2D eigenvalue weighted by Gasteiger charge is -2.18. The molecule has 0 aliphatic heterocycles. The number of hydrogen-bond donors (Lipinski definition) is 1. The van der Waals surface area contributed by atoms with E-state index in [0.29, 0.717) is 11.5 Å². The van der Waals surface area contributed by atoms with Crippen molar-refractivity contribution in [3.05, 3.63) is 48.6 Å². The molecule has 1 aliphatic carbocycles. The van der Waals surface area contributed by atoms with Gasteiger partial charge in [0.15, 0.2) is 0 Å². The highest BCUT2D eigenvalue weighted by Gasteiger charge is 2.21. The standard InChI is InChI=1S/C17H18FN3O/c1-21-11-19-15(12-7-9-14(18)10-8-12)16(21)20-17(22)13-5-3-2-4-6-13/h2-3,7-11,13H,4-6H2,1H3,(H,20,22). The molecule has 0 bridgehead atoms. The molecule has 114 valence electrons. The fourth-order valence-corrected chi connectivity index (χ4v) is 2.65. The van der Waals surface area contributed by atoms with Crippen molar-refractivity contribution in [3.63, 3.8) is 0 Å². The Morgan fingerprint density at radius 1 is 1.32 bits per heavy atom. The summed E-state index contributed by atoms with van der Waals surface area (Å²) in [5.41, 5.74) is 1.43. The van der Waals surface area contributed by atoms with Gasteiger partial charge in [0.2, 0.25) is 5.91 Å². The Morgan fingerprint density at radius 2 is 2.09 bits per heavy atom. The molecule has 4 nitrogen and oxygen atoms in total. The van der Waals surface area contributed by atoms with E-state index in [1.165, 1.54) is 12.1 Å². The fourth-order valence-electron chi connectivity index (χ4n) is 2.65. The number of aromatic nitrogens is 2. The Balaban J connectivity index is 1.84. The average molecular weight is 299 g/mol. The Labute approximate surface area is 128 Å². The van der Waals surface area contributed by atoms with E-state index in [4.69, 9.17) is 0 Å². The molecule has 3 rings (SSSR count). The first-order valence-electron chi connectivity index (χ1n) is 7.38. The maximum Gasteiger partial charge on any atom is 0.228 e. The van der Waals surface area contributed by atoms with Gasteiger partial charge in [0, 0.05) is 18.5 Å². The van der Waals surface area contributed by atoms with Crippen LogP contribution in [0.15, 0.2) is 42.7 Å². The van der Waals surface area contributed by atoms with Crippen LogP contribution in [-0.4, -0.2) is 15.5 Å². The van der Waals surface area contributed by atoms with Gasteiger partial charge in [0.05, 0.1) is 6.33 Å². The predicted molar refractivity (Wildman–Crippen MR) is 83.7 cm³/mol. The van der Waals surface area contributed by atoms with Gasteiger partial charge < -0.3 is 9.88 Å². The first kappa shape index (κ1) is 14.5. The number of carbonyl (C=O) groups is 1. The predicted octanol–water partition coefficient (Wildman–Crippen LogP) is 3.52. The average Bonchev–Trinajstić information content (AvgIpc) is 2.90. The first-order valence-corrected chi connectivity index (χ1v) is 7.38. The zero-order valence-corrected chi connectivity index (χ0v) is 12.4. The summed E-state index contributed by atoms with van der Waals surface area (Å²) >= 11 is 0. The lowest BCUT2D eigenvalue weighted by molar-refractivity contribution is -0.120. The summed E-state index contributed by atoms with van der Waals surface area (Å²) in [5.74, 6) is 0.364. The van der Waals surface area contributed by atoms with Crippen LogP contribution < -0.4 is 5.32 Å². The van der Waals surface area contributed by atoms with Crippen LogP contribution in [0.5, 0.6) is 0 Å². The van der Waals surface area contributed by atoms with Crippen LogP contribution in [-0.2, 0) is 11.8 Å². The maximum absolute atomic E-state index is 13.1. The van der Waals surface area contributed by atoms with Gasteiger partial charge in [-0.2, -0.15) is 0 Å². The third-order valence-electron chi connectivity index (χ3n) is 3.94. The number of imidazole rings is 1. The lowest BCUT2D eigenvalue weighted by Crippen LogP contribution is -2.24. The van der Waals surface area contributed by atoms with Crippen molar-refractivity contribution in [2.75, 3.05) is 5.32 Å². The molecule has 1 amide bonds. The normalized spacial score (nSPS) is 17.5.